The Labute approximate surface area is 121 Å². The molecule has 0 saturated carbocycles. The molecule has 0 saturated heterocycles. The molecule has 1 heterocycles. The van der Waals surface area contributed by atoms with E-state index in [0.717, 1.165) is 16.5 Å². The number of nitrogens with two attached hydrogens (primary N) is 1. The van der Waals surface area contributed by atoms with Crippen LogP contribution in [0.1, 0.15) is 17.4 Å². The maximum Gasteiger partial charge on any atom is 0.134 e. The van der Waals surface area contributed by atoms with Gasteiger partial charge in [-0.05, 0) is 30.3 Å². The molecule has 1 atom stereocenters. The number of halogens is 1. The van der Waals surface area contributed by atoms with Gasteiger partial charge >= 0.3 is 0 Å². The van der Waals surface area contributed by atoms with Crippen LogP contribution in [0.2, 0.25) is 5.02 Å². The average Bonchev–Trinajstić information content (AvgIpc) is 2.90. The third-order valence-electron chi connectivity index (χ3n) is 3.28. The predicted octanol–water partition coefficient (Wildman–Crippen LogP) is 4.14. The monoisotopic (exact) mass is 287 g/mol. The zero-order valence-corrected chi connectivity index (χ0v) is 11.7. The van der Waals surface area contributed by atoms with Gasteiger partial charge < -0.3 is 14.9 Å². The zero-order valence-electron chi connectivity index (χ0n) is 11.0. The van der Waals surface area contributed by atoms with Gasteiger partial charge in [0.25, 0.3) is 0 Å². The largest absolute Gasteiger partial charge is 0.496 e. The van der Waals surface area contributed by atoms with Crippen molar-refractivity contribution in [2.75, 3.05) is 7.11 Å². The molecule has 20 heavy (non-hydrogen) atoms. The third-order valence-corrected chi connectivity index (χ3v) is 3.51. The molecule has 4 heteroatoms. The van der Waals surface area contributed by atoms with E-state index in [9.17, 15) is 0 Å². The number of benzene rings is 2. The Morgan fingerprint density at radius 1 is 1.15 bits per heavy atom. The van der Waals surface area contributed by atoms with Crippen molar-refractivity contribution in [3.05, 3.63) is 64.9 Å². The first kappa shape index (κ1) is 13.0. The van der Waals surface area contributed by atoms with E-state index in [1.807, 2.05) is 30.3 Å². The molecule has 0 aliphatic carbocycles. The summed E-state index contributed by atoms with van der Waals surface area (Å²) in [6.45, 7) is 0. The maximum absolute atomic E-state index is 6.29. The Morgan fingerprint density at radius 2 is 1.95 bits per heavy atom. The Hall–Kier alpha value is -1.97. The van der Waals surface area contributed by atoms with Crippen LogP contribution in [0.5, 0.6) is 5.75 Å². The molecular weight excluding hydrogens is 274 g/mol. The zero-order chi connectivity index (χ0) is 14.1. The van der Waals surface area contributed by atoms with Crippen molar-refractivity contribution in [1.82, 2.24) is 0 Å². The van der Waals surface area contributed by atoms with Crippen molar-refractivity contribution in [2.45, 2.75) is 6.04 Å². The molecule has 0 aliphatic rings. The van der Waals surface area contributed by atoms with Crippen molar-refractivity contribution in [3.63, 3.8) is 0 Å². The molecule has 3 rings (SSSR count). The molecule has 2 aromatic carbocycles. The van der Waals surface area contributed by atoms with Crippen molar-refractivity contribution in [2.24, 2.45) is 5.73 Å². The average molecular weight is 288 g/mol. The van der Waals surface area contributed by atoms with Crippen molar-refractivity contribution < 1.29 is 9.15 Å². The molecule has 0 amide bonds. The molecule has 1 unspecified atom stereocenters. The summed E-state index contributed by atoms with van der Waals surface area (Å²) in [6, 6.07) is 14.7. The fourth-order valence-electron chi connectivity index (χ4n) is 2.26. The van der Waals surface area contributed by atoms with Crippen LogP contribution in [-0.2, 0) is 0 Å². The van der Waals surface area contributed by atoms with Crippen LogP contribution in [0.3, 0.4) is 0 Å². The predicted molar refractivity (Wildman–Crippen MR) is 80.2 cm³/mol. The first-order valence-electron chi connectivity index (χ1n) is 6.26. The van der Waals surface area contributed by atoms with Crippen LogP contribution in [-0.4, -0.2) is 7.11 Å². The summed E-state index contributed by atoms with van der Waals surface area (Å²) in [5, 5.41) is 1.64. The van der Waals surface area contributed by atoms with Gasteiger partial charge in [-0.15, -0.1) is 0 Å². The summed E-state index contributed by atoms with van der Waals surface area (Å²) in [6.07, 6.45) is 0. The number of furan rings is 1. The minimum Gasteiger partial charge on any atom is -0.496 e. The van der Waals surface area contributed by atoms with Gasteiger partial charge in [-0.25, -0.2) is 0 Å². The van der Waals surface area contributed by atoms with Crippen molar-refractivity contribution in [3.8, 4) is 5.75 Å². The molecule has 0 spiro atoms. The van der Waals surface area contributed by atoms with Gasteiger partial charge in [0, 0.05) is 16.0 Å². The lowest BCUT2D eigenvalue weighted by molar-refractivity contribution is 0.404. The first-order valence-corrected chi connectivity index (χ1v) is 6.64. The van der Waals surface area contributed by atoms with Gasteiger partial charge in [0.15, 0.2) is 0 Å². The SMILES string of the molecule is COc1ccc(Cl)cc1C(N)c1cc2ccccc2o1. The lowest BCUT2D eigenvalue weighted by Crippen LogP contribution is -2.12. The van der Waals surface area contributed by atoms with E-state index in [-0.39, 0.29) is 0 Å². The maximum atomic E-state index is 6.29. The van der Waals surface area contributed by atoms with E-state index < -0.39 is 6.04 Å². The number of fused-ring (bicyclic) bond motifs is 1. The van der Waals surface area contributed by atoms with E-state index in [1.54, 1.807) is 25.3 Å². The minimum atomic E-state index is -0.420. The van der Waals surface area contributed by atoms with Gasteiger partial charge in [0.2, 0.25) is 0 Å². The standard InChI is InChI=1S/C16H14ClNO2/c1-19-14-7-6-11(17)9-12(14)16(18)15-8-10-4-2-3-5-13(10)20-15/h2-9,16H,18H2,1H3. The summed E-state index contributed by atoms with van der Waals surface area (Å²) in [5.74, 6) is 1.38. The summed E-state index contributed by atoms with van der Waals surface area (Å²) in [7, 11) is 1.61. The van der Waals surface area contributed by atoms with E-state index in [0.29, 0.717) is 16.5 Å². The van der Waals surface area contributed by atoms with Crippen LogP contribution >= 0.6 is 11.6 Å². The van der Waals surface area contributed by atoms with Crippen LogP contribution in [0.4, 0.5) is 0 Å². The lowest BCUT2D eigenvalue weighted by atomic mass is 10.0. The van der Waals surface area contributed by atoms with Crippen LogP contribution in [0, 0.1) is 0 Å². The highest BCUT2D eigenvalue weighted by Crippen LogP contribution is 2.33. The van der Waals surface area contributed by atoms with Gasteiger partial charge in [-0.3, -0.25) is 0 Å². The number of para-hydroxylation sites is 1. The normalized spacial score (nSPS) is 12.6. The fraction of sp³-hybridized carbons (Fsp3) is 0.125. The molecule has 3 aromatic rings. The molecule has 2 N–H and O–H groups in total. The minimum absolute atomic E-state index is 0.420. The molecule has 0 aliphatic heterocycles. The Bertz CT molecular complexity index is 718. The van der Waals surface area contributed by atoms with Crippen LogP contribution < -0.4 is 10.5 Å². The van der Waals surface area contributed by atoms with E-state index in [2.05, 4.69) is 0 Å². The first-order chi connectivity index (χ1) is 9.69. The van der Waals surface area contributed by atoms with Gasteiger partial charge in [0.1, 0.15) is 17.1 Å². The quantitative estimate of drug-likeness (QED) is 0.787. The molecule has 0 fully saturated rings. The number of hydrogen-bond acceptors (Lipinski definition) is 3. The van der Waals surface area contributed by atoms with Crippen molar-refractivity contribution in [1.29, 1.82) is 0 Å². The Kier molecular flexibility index (Phi) is 3.38. The summed E-state index contributed by atoms with van der Waals surface area (Å²) in [5.41, 5.74) is 7.92. The molecule has 0 bridgehead atoms. The fourth-order valence-corrected chi connectivity index (χ4v) is 2.44. The van der Waals surface area contributed by atoms with Gasteiger partial charge in [-0.2, -0.15) is 0 Å². The number of methoxy groups -OCH3 is 1. The second kappa shape index (κ2) is 5.19. The lowest BCUT2D eigenvalue weighted by Gasteiger charge is -2.14. The van der Waals surface area contributed by atoms with E-state index in [1.165, 1.54) is 0 Å². The Morgan fingerprint density at radius 3 is 2.70 bits per heavy atom. The highest BCUT2D eigenvalue weighted by molar-refractivity contribution is 6.30. The third kappa shape index (κ3) is 2.26. The number of rotatable bonds is 3. The second-order valence-electron chi connectivity index (χ2n) is 4.55. The van der Waals surface area contributed by atoms with Gasteiger partial charge in [-0.1, -0.05) is 29.8 Å². The smallest absolute Gasteiger partial charge is 0.134 e. The highest BCUT2D eigenvalue weighted by atomic mass is 35.5. The van der Waals surface area contributed by atoms with Crippen LogP contribution in [0.25, 0.3) is 11.0 Å². The Balaban J connectivity index is 2.07. The molecular formula is C16H14ClNO2. The van der Waals surface area contributed by atoms with Crippen LogP contribution in [0.15, 0.2) is 52.9 Å². The molecule has 102 valence electrons. The topological polar surface area (TPSA) is 48.4 Å². The highest BCUT2D eigenvalue weighted by Gasteiger charge is 2.18. The molecule has 3 nitrogen and oxygen atoms in total. The van der Waals surface area contributed by atoms with E-state index in [4.69, 9.17) is 26.5 Å². The summed E-state index contributed by atoms with van der Waals surface area (Å²) in [4.78, 5) is 0. The van der Waals surface area contributed by atoms with Gasteiger partial charge in [0.05, 0.1) is 13.2 Å². The number of hydrogen-bond donors (Lipinski definition) is 1. The van der Waals surface area contributed by atoms with E-state index >= 15 is 0 Å². The molecule has 1 aromatic heterocycles. The molecule has 0 radical (unpaired) electrons. The number of ether oxygens (including phenoxy) is 1. The summed E-state index contributed by atoms with van der Waals surface area (Å²) >= 11 is 6.04. The van der Waals surface area contributed by atoms with Crippen molar-refractivity contribution >= 4 is 22.6 Å². The summed E-state index contributed by atoms with van der Waals surface area (Å²) < 4.78 is 11.1. The second-order valence-corrected chi connectivity index (χ2v) is 4.99.